The quantitative estimate of drug-likeness (QED) is 0.0111. The Labute approximate surface area is 564 Å². The molecule has 0 spiro atoms. The fraction of sp³-hybridized carbons (Fsp3) is 0.317. The number of ether oxygens (including phenoxy) is 2. The van der Waals surface area contributed by atoms with Gasteiger partial charge in [-0.2, -0.15) is 43.5 Å². The Hall–Kier alpha value is -10.6. The van der Waals surface area contributed by atoms with Crippen LogP contribution in [0.15, 0.2) is 116 Å². The monoisotopic (exact) mass is 1370 g/mol. The molecule has 0 unspecified atom stereocenters. The van der Waals surface area contributed by atoms with Gasteiger partial charge in [0.05, 0.1) is 83.0 Å². The summed E-state index contributed by atoms with van der Waals surface area (Å²) >= 11 is 2.09. The molecule has 0 radical (unpaired) electrons. The lowest BCUT2D eigenvalue weighted by atomic mass is 10.1. The molecule has 500 valence electrons. The number of rotatable bonds is 26. The van der Waals surface area contributed by atoms with Crippen molar-refractivity contribution < 1.29 is 51.8 Å². The first-order chi connectivity index (χ1) is 47.0. The number of fused-ring (bicyclic) bond motifs is 2. The Balaban J connectivity index is 0.958. The van der Waals surface area contributed by atoms with Gasteiger partial charge >= 0.3 is 11.8 Å². The van der Waals surface area contributed by atoms with E-state index in [9.17, 15) is 47.6 Å². The Bertz CT molecular complexity index is 4480. The fourth-order valence-electron chi connectivity index (χ4n) is 11.1. The number of carbonyl (C=O) groups is 4. The third-order valence-electron chi connectivity index (χ3n) is 15.9. The molecule has 5 N–H and O–H groups in total. The first-order valence-corrected chi connectivity index (χ1v) is 33.8. The summed E-state index contributed by atoms with van der Waals surface area (Å²) in [5.74, 6) is -2.71. The van der Waals surface area contributed by atoms with E-state index in [2.05, 4.69) is 40.6 Å². The Kier molecular flexibility index (Phi) is 21.0. The zero-order valence-corrected chi connectivity index (χ0v) is 55.3. The van der Waals surface area contributed by atoms with E-state index < -0.39 is 49.9 Å². The number of amides is 4. The lowest BCUT2D eigenvalue weighted by Gasteiger charge is -2.27. The molecule has 7 aromatic rings. The predicted molar refractivity (Wildman–Crippen MR) is 363 cm³/mol. The van der Waals surface area contributed by atoms with Crippen molar-refractivity contribution in [2.24, 2.45) is 20.5 Å². The maximum absolute atomic E-state index is 13.9. The zero-order chi connectivity index (χ0) is 68.5. The summed E-state index contributed by atoms with van der Waals surface area (Å²) in [6.07, 6.45) is 2.75. The first kappa shape index (κ1) is 67.8. The number of thiazole rings is 2. The van der Waals surface area contributed by atoms with Gasteiger partial charge in [-0.15, -0.1) is 20.5 Å². The van der Waals surface area contributed by atoms with Crippen LogP contribution in [-0.4, -0.2) is 187 Å². The molecular weight excluding hydrogens is 1310 g/mol. The van der Waals surface area contributed by atoms with E-state index in [1.54, 1.807) is 41.3 Å². The number of azo groups is 2. The molecule has 0 aliphatic carbocycles. The highest BCUT2D eigenvalue weighted by atomic mass is 32.2. The van der Waals surface area contributed by atoms with Crippen molar-refractivity contribution in [1.29, 1.82) is 5.26 Å². The molecule has 4 aliphatic rings. The van der Waals surface area contributed by atoms with Gasteiger partial charge < -0.3 is 59.7 Å². The molecule has 0 saturated carbocycles. The molecule has 2 fully saturated rings. The van der Waals surface area contributed by atoms with Crippen LogP contribution in [0, 0.1) is 17.9 Å². The lowest BCUT2D eigenvalue weighted by molar-refractivity contribution is 0.0694. The van der Waals surface area contributed by atoms with Crippen molar-refractivity contribution >= 4 is 142 Å². The molecular formula is C63H64N20O11S3. The molecule has 0 atom stereocenters. The van der Waals surface area contributed by atoms with Gasteiger partial charge in [0, 0.05) is 76.8 Å². The Morgan fingerprint density at radius 1 is 0.639 bits per heavy atom. The minimum atomic E-state index is -4.95. The van der Waals surface area contributed by atoms with E-state index in [0.29, 0.717) is 122 Å². The SMILES string of the molecule is [C-]#[N+]/C(=C\c1sc(N=Nc2ccc(N(CC)CC)cc2Nc2nc(Nc3cc(N(CC)CC)ccc3N=Nc3nc(N4CCOCC4)c(/C=C(\C#N)N4C(=O)c5cccc(S(=O)(=O)O)c5C4=O)s3)nc(N(CCO)CCO)n2)nc1N1CCOCC1)N1C(=O)c2ccccc2C1=O. The van der Waals surface area contributed by atoms with Crippen LogP contribution < -0.4 is 35.1 Å². The second kappa shape index (κ2) is 30.0. The first-order valence-electron chi connectivity index (χ1n) is 30.7. The highest BCUT2D eigenvalue weighted by Gasteiger charge is 2.44. The number of morpholine rings is 2. The average Bonchev–Trinajstić information content (AvgIpc) is 1.61. The second-order valence-corrected chi connectivity index (χ2v) is 24.9. The summed E-state index contributed by atoms with van der Waals surface area (Å²) in [7, 11) is -4.95. The van der Waals surface area contributed by atoms with Crippen LogP contribution in [0.1, 0.15) is 78.9 Å². The van der Waals surface area contributed by atoms with Crippen molar-refractivity contribution in [3.63, 3.8) is 0 Å². The van der Waals surface area contributed by atoms with Gasteiger partial charge in [0.2, 0.25) is 33.9 Å². The maximum Gasteiger partial charge on any atom is 0.334 e. The molecule has 34 heteroatoms. The Morgan fingerprint density at radius 3 is 1.57 bits per heavy atom. The molecule has 7 heterocycles. The largest absolute Gasteiger partial charge is 0.395 e. The van der Waals surface area contributed by atoms with Gasteiger partial charge in [-0.1, -0.05) is 47.4 Å². The van der Waals surface area contributed by atoms with Gasteiger partial charge in [0.15, 0.2) is 0 Å². The molecule has 31 nitrogen and oxygen atoms in total. The van der Waals surface area contributed by atoms with Gasteiger partial charge in [0.1, 0.15) is 39.7 Å². The van der Waals surface area contributed by atoms with E-state index in [1.807, 2.05) is 67.8 Å². The summed E-state index contributed by atoms with van der Waals surface area (Å²) < 4.78 is 45.9. The van der Waals surface area contributed by atoms with Crippen LogP contribution in [0.4, 0.5) is 73.9 Å². The van der Waals surface area contributed by atoms with Crippen molar-refractivity contribution in [1.82, 2.24) is 34.7 Å². The third kappa shape index (κ3) is 14.5. The summed E-state index contributed by atoms with van der Waals surface area (Å²) in [5, 5.41) is 56.7. The number of hydrogen-bond donors (Lipinski definition) is 5. The van der Waals surface area contributed by atoms with Crippen LogP contribution in [0.25, 0.3) is 17.0 Å². The number of carbonyl (C=O) groups excluding carboxylic acids is 4. The van der Waals surface area contributed by atoms with Crippen molar-refractivity contribution in [2.45, 2.75) is 32.6 Å². The number of aliphatic hydroxyl groups excluding tert-OH is 2. The van der Waals surface area contributed by atoms with E-state index >= 15 is 0 Å². The van der Waals surface area contributed by atoms with Crippen LogP contribution in [-0.2, 0) is 19.6 Å². The predicted octanol–water partition coefficient (Wildman–Crippen LogP) is 9.18. The normalized spacial score (nSPS) is 15.2. The van der Waals surface area contributed by atoms with Crippen LogP contribution >= 0.6 is 22.7 Å². The van der Waals surface area contributed by atoms with Crippen molar-refractivity contribution in [3.8, 4) is 6.07 Å². The standard InChI is InChI=1S/C63H64N20O11S3/c1-6-77(7-2)38-17-19-44(73-75-62-68-53(79-23-29-93-30-24-79)48(95-62)35-40(37-64)82-57(88)43-15-12-16-50(97(90,91)92)52(43)58(82)89)46(33-38)66-59-70-60(72-61(71-59)81(21-27-84)22-28-85)67-47-34-39(78(8-3)9-4)18-20-45(47)74-76-63-69-54(80-25-31-94-32-26-80)49(96-63)36-51(65-5)83-55(86)41-13-10-11-14-42(41)56(83)87/h10-20,33-36,84-85H,6-9,21-32H2,1-4H3,(H,90,91,92)(H2,66,67,70,71,72)/b40-35+,51-36+,75-73?,76-74?. The fourth-order valence-corrected chi connectivity index (χ4v) is 13.5. The minimum Gasteiger partial charge on any atom is -0.395 e. The number of hydrogen-bond acceptors (Lipinski definition) is 29. The van der Waals surface area contributed by atoms with Gasteiger partial charge in [0.25, 0.3) is 21.9 Å². The van der Waals surface area contributed by atoms with E-state index in [-0.39, 0.29) is 82.6 Å². The number of nitrogens with zero attached hydrogens (tertiary/aromatic N) is 18. The number of aromatic nitrogens is 5. The lowest BCUT2D eigenvalue weighted by Crippen LogP contribution is -2.36. The van der Waals surface area contributed by atoms with Crippen LogP contribution in [0.3, 0.4) is 0 Å². The van der Waals surface area contributed by atoms with Crippen LogP contribution in [0.5, 0.6) is 0 Å². The van der Waals surface area contributed by atoms with E-state index in [4.69, 9.17) is 46.1 Å². The number of nitriles is 1. The van der Waals surface area contributed by atoms with Gasteiger partial charge in [-0.3, -0.25) is 14.1 Å². The van der Waals surface area contributed by atoms with Gasteiger partial charge in [-0.25, -0.2) is 14.5 Å². The molecule has 2 saturated heterocycles. The van der Waals surface area contributed by atoms with Gasteiger partial charge in [-0.05, 0) is 101 Å². The van der Waals surface area contributed by atoms with Crippen molar-refractivity contribution in [2.75, 3.05) is 140 Å². The number of aliphatic hydroxyl groups is 2. The summed E-state index contributed by atoms with van der Waals surface area (Å²) in [5.41, 5.74) is 1.99. The van der Waals surface area contributed by atoms with E-state index in [1.165, 1.54) is 24.3 Å². The molecule has 4 aliphatic heterocycles. The molecule has 97 heavy (non-hydrogen) atoms. The number of anilines is 9. The smallest absolute Gasteiger partial charge is 0.334 e. The zero-order valence-electron chi connectivity index (χ0n) is 52.9. The molecule has 4 amide bonds. The summed E-state index contributed by atoms with van der Waals surface area (Å²) in [6, 6.07) is 22.7. The van der Waals surface area contributed by atoms with E-state index in [0.717, 1.165) is 45.0 Å². The highest BCUT2D eigenvalue weighted by Crippen LogP contribution is 2.42. The average molecular weight is 1370 g/mol. The number of imide groups is 2. The maximum atomic E-state index is 13.9. The topological polar surface area (TPSA) is 370 Å². The molecule has 11 rings (SSSR count). The third-order valence-corrected chi connectivity index (χ3v) is 18.5. The Morgan fingerprint density at radius 2 is 1.11 bits per heavy atom. The van der Waals surface area contributed by atoms with Crippen molar-refractivity contribution in [3.05, 3.63) is 134 Å². The number of benzene rings is 4. The number of nitrogens with one attached hydrogen (secondary N) is 2. The molecule has 3 aromatic heterocycles. The molecule has 0 bridgehead atoms. The second-order valence-electron chi connectivity index (χ2n) is 21.5. The summed E-state index contributed by atoms with van der Waals surface area (Å²) in [4.78, 5) is 93.7. The molecule has 4 aromatic carbocycles. The highest BCUT2D eigenvalue weighted by molar-refractivity contribution is 7.86. The van der Waals surface area contributed by atoms with Crippen LogP contribution in [0.2, 0.25) is 0 Å². The number of allylic oxidation sites excluding steroid dienone is 1. The summed E-state index contributed by atoms with van der Waals surface area (Å²) in [6.45, 7) is 21.3. The minimum absolute atomic E-state index is 0.00321.